The van der Waals surface area contributed by atoms with E-state index in [9.17, 15) is 0 Å². The lowest BCUT2D eigenvalue weighted by molar-refractivity contribution is 0.125. The summed E-state index contributed by atoms with van der Waals surface area (Å²) in [4.78, 5) is 2.55. The standard InChI is InChI=1S/C13H24N4/c1-13(11-14)5-9-17(10-6-13)8-4-12-3-7-15-16(12)2/h3,7H,4-6,8-11,14H2,1-2H3. The summed E-state index contributed by atoms with van der Waals surface area (Å²) in [5, 5.41) is 4.20. The van der Waals surface area contributed by atoms with Gasteiger partial charge in [-0.25, -0.2) is 0 Å². The first kappa shape index (κ1) is 12.6. The molecule has 4 heteroatoms. The Morgan fingerprint density at radius 2 is 2.12 bits per heavy atom. The molecule has 0 aliphatic carbocycles. The molecule has 0 aromatic carbocycles. The summed E-state index contributed by atoms with van der Waals surface area (Å²) in [5.41, 5.74) is 7.52. The molecule has 17 heavy (non-hydrogen) atoms. The number of aryl methyl sites for hydroxylation is 1. The minimum absolute atomic E-state index is 0.378. The third-order valence-corrected chi connectivity index (χ3v) is 4.16. The van der Waals surface area contributed by atoms with Crippen molar-refractivity contribution in [3.63, 3.8) is 0 Å². The molecule has 0 bridgehead atoms. The van der Waals surface area contributed by atoms with Gasteiger partial charge in [-0.3, -0.25) is 4.68 Å². The molecule has 1 aromatic rings. The lowest BCUT2D eigenvalue weighted by atomic mass is 9.80. The highest BCUT2D eigenvalue weighted by Gasteiger charge is 2.28. The predicted octanol–water partition coefficient (Wildman–Crippen LogP) is 1.02. The number of hydrogen-bond acceptors (Lipinski definition) is 3. The minimum Gasteiger partial charge on any atom is -0.330 e. The molecule has 1 aromatic heterocycles. The Morgan fingerprint density at radius 1 is 1.41 bits per heavy atom. The van der Waals surface area contributed by atoms with Gasteiger partial charge in [-0.15, -0.1) is 0 Å². The molecule has 1 fully saturated rings. The SMILES string of the molecule is Cn1nccc1CCN1CCC(C)(CN)CC1. The van der Waals surface area contributed by atoms with Crippen molar-refractivity contribution < 1.29 is 0 Å². The van der Waals surface area contributed by atoms with E-state index in [1.807, 2.05) is 17.9 Å². The third kappa shape index (κ3) is 3.07. The average Bonchev–Trinajstić information content (AvgIpc) is 2.74. The topological polar surface area (TPSA) is 47.1 Å². The van der Waals surface area contributed by atoms with Crippen molar-refractivity contribution in [1.29, 1.82) is 0 Å². The van der Waals surface area contributed by atoms with Crippen molar-refractivity contribution >= 4 is 0 Å². The Balaban J connectivity index is 1.77. The van der Waals surface area contributed by atoms with Gasteiger partial charge in [0.1, 0.15) is 0 Å². The van der Waals surface area contributed by atoms with Gasteiger partial charge in [0.15, 0.2) is 0 Å². The van der Waals surface area contributed by atoms with Crippen LogP contribution in [0, 0.1) is 5.41 Å². The zero-order chi connectivity index (χ0) is 12.3. The molecule has 2 N–H and O–H groups in total. The molecule has 96 valence electrons. The van der Waals surface area contributed by atoms with Crippen LogP contribution in [0.25, 0.3) is 0 Å². The Morgan fingerprint density at radius 3 is 2.65 bits per heavy atom. The van der Waals surface area contributed by atoms with E-state index in [1.54, 1.807) is 0 Å². The smallest absolute Gasteiger partial charge is 0.0492 e. The number of rotatable bonds is 4. The molecule has 0 radical (unpaired) electrons. The maximum atomic E-state index is 5.82. The Hall–Kier alpha value is -0.870. The maximum Gasteiger partial charge on any atom is 0.0492 e. The van der Waals surface area contributed by atoms with E-state index in [-0.39, 0.29) is 0 Å². The van der Waals surface area contributed by atoms with Gasteiger partial charge in [0.05, 0.1) is 0 Å². The number of piperidine rings is 1. The molecule has 0 unspecified atom stereocenters. The molecule has 0 amide bonds. The lowest BCUT2D eigenvalue weighted by Crippen LogP contribution is -2.42. The van der Waals surface area contributed by atoms with Gasteiger partial charge >= 0.3 is 0 Å². The fraction of sp³-hybridized carbons (Fsp3) is 0.769. The van der Waals surface area contributed by atoms with Crippen molar-refractivity contribution in [2.24, 2.45) is 18.2 Å². The van der Waals surface area contributed by atoms with E-state index in [0.717, 1.165) is 19.5 Å². The van der Waals surface area contributed by atoms with Gasteiger partial charge in [0, 0.05) is 31.9 Å². The molecule has 1 aliphatic heterocycles. The summed E-state index contributed by atoms with van der Waals surface area (Å²) in [6.07, 6.45) is 5.43. The van der Waals surface area contributed by atoms with Gasteiger partial charge in [0.25, 0.3) is 0 Å². The van der Waals surface area contributed by atoms with Gasteiger partial charge in [0.2, 0.25) is 0 Å². The summed E-state index contributed by atoms with van der Waals surface area (Å²) in [6.45, 7) is 6.64. The molecule has 4 nitrogen and oxygen atoms in total. The number of hydrogen-bond donors (Lipinski definition) is 1. The average molecular weight is 236 g/mol. The van der Waals surface area contributed by atoms with Crippen LogP contribution < -0.4 is 5.73 Å². The first-order valence-corrected chi connectivity index (χ1v) is 6.52. The molecule has 0 spiro atoms. The van der Waals surface area contributed by atoms with Crippen molar-refractivity contribution in [1.82, 2.24) is 14.7 Å². The van der Waals surface area contributed by atoms with Gasteiger partial charge in [-0.1, -0.05) is 6.92 Å². The van der Waals surface area contributed by atoms with Crippen LogP contribution in [0.3, 0.4) is 0 Å². The Kier molecular flexibility index (Phi) is 3.84. The van der Waals surface area contributed by atoms with Crippen molar-refractivity contribution in [3.05, 3.63) is 18.0 Å². The fourth-order valence-corrected chi connectivity index (χ4v) is 2.44. The zero-order valence-electron chi connectivity index (χ0n) is 11.0. The quantitative estimate of drug-likeness (QED) is 0.849. The van der Waals surface area contributed by atoms with Crippen LogP contribution in [0.15, 0.2) is 12.3 Å². The van der Waals surface area contributed by atoms with Gasteiger partial charge < -0.3 is 10.6 Å². The lowest BCUT2D eigenvalue weighted by Gasteiger charge is -2.38. The molecular formula is C13H24N4. The summed E-state index contributed by atoms with van der Waals surface area (Å²) < 4.78 is 1.97. The summed E-state index contributed by atoms with van der Waals surface area (Å²) in [5.74, 6) is 0. The number of nitrogens with zero attached hydrogens (tertiary/aromatic N) is 3. The summed E-state index contributed by atoms with van der Waals surface area (Å²) in [6, 6.07) is 2.11. The summed E-state index contributed by atoms with van der Waals surface area (Å²) >= 11 is 0. The second-order valence-electron chi connectivity index (χ2n) is 5.55. The molecule has 1 saturated heterocycles. The van der Waals surface area contributed by atoms with Crippen LogP contribution in [-0.2, 0) is 13.5 Å². The second-order valence-corrected chi connectivity index (χ2v) is 5.55. The first-order chi connectivity index (χ1) is 8.13. The first-order valence-electron chi connectivity index (χ1n) is 6.52. The predicted molar refractivity (Wildman–Crippen MR) is 69.7 cm³/mol. The van der Waals surface area contributed by atoms with E-state index in [4.69, 9.17) is 5.73 Å². The number of nitrogens with two attached hydrogens (primary N) is 1. The molecular weight excluding hydrogens is 212 g/mol. The molecule has 2 rings (SSSR count). The fourth-order valence-electron chi connectivity index (χ4n) is 2.44. The summed E-state index contributed by atoms with van der Waals surface area (Å²) in [7, 11) is 2.01. The van der Waals surface area contributed by atoms with Crippen molar-refractivity contribution in [3.8, 4) is 0 Å². The van der Waals surface area contributed by atoms with E-state index in [1.165, 1.54) is 31.6 Å². The molecule has 0 atom stereocenters. The molecule has 1 aliphatic rings. The van der Waals surface area contributed by atoms with Crippen molar-refractivity contribution in [2.75, 3.05) is 26.2 Å². The minimum atomic E-state index is 0.378. The highest BCUT2D eigenvalue weighted by Crippen LogP contribution is 2.29. The van der Waals surface area contributed by atoms with Crippen LogP contribution >= 0.6 is 0 Å². The van der Waals surface area contributed by atoms with Crippen LogP contribution in [0.4, 0.5) is 0 Å². The second kappa shape index (κ2) is 5.19. The Bertz CT molecular complexity index is 350. The third-order valence-electron chi connectivity index (χ3n) is 4.16. The zero-order valence-corrected chi connectivity index (χ0v) is 11.0. The number of aromatic nitrogens is 2. The highest BCUT2D eigenvalue weighted by molar-refractivity contribution is 5.00. The maximum absolute atomic E-state index is 5.82. The van der Waals surface area contributed by atoms with Gasteiger partial charge in [-0.05, 0) is 44.0 Å². The molecule has 2 heterocycles. The monoisotopic (exact) mass is 236 g/mol. The number of likely N-dealkylation sites (tertiary alicyclic amines) is 1. The Labute approximate surface area is 104 Å². The van der Waals surface area contributed by atoms with Crippen LogP contribution in [0.5, 0.6) is 0 Å². The highest BCUT2D eigenvalue weighted by atomic mass is 15.3. The van der Waals surface area contributed by atoms with Gasteiger partial charge in [-0.2, -0.15) is 5.10 Å². The van der Waals surface area contributed by atoms with Crippen LogP contribution in [0.1, 0.15) is 25.5 Å². The van der Waals surface area contributed by atoms with Crippen LogP contribution in [-0.4, -0.2) is 40.9 Å². The van der Waals surface area contributed by atoms with E-state index in [0.29, 0.717) is 5.41 Å². The van der Waals surface area contributed by atoms with Crippen molar-refractivity contribution in [2.45, 2.75) is 26.2 Å². The molecule has 0 saturated carbocycles. The van der Waals surface area contributed by atoms with Crippen LogP contribution in [0.2, 0.25) is 0 Å². The largest absolute Gasteiger partial charge is 0.330 e. The van der Waals surface area contributed by atoms with E-state index in [2.05, 4.69) is 23.0 Å². The van der Waals surface area contributed by atoms with E-state index < -0.39 is 0 Å². The van der Waals surface area contributed by atoms with E-state index >= 15 is 0 Å². The normalized spacial score (nSPS) is 20.6.